The number of ether oxygens (including phenoxy) is 1. The maximum atomic E-state index is 12.6. The normalized spacial score (nSPS) is 26.5. The first-order chi connectivity index (χ1) is 10.1. The van der Waals surface area contributed by atoms with Crippen LogP contribution in [0.5, 0.6) is 0 Å². The number of likely N-dealkylation sites (tertiary alicyclic amines) is 1. The van der Waals surface area contributed by atoms with Crippen molar-refractivity contribution >= 4 is 27.3 Å². The summed E-state index contributed by atoms with van der Waals surface area (Å²) in [4.78, 5) is 13.9. The highest BCUT2D eigenvalue weighted by Gasteiger charge is 2.50. The molecule has 1 aromatic rings. The zero-order chi connectivity index (χ0) is 15.0. The second-order valence-corrected chi connectivity index (χ2v) is 8.32. The number of thiophene rings is 1. The van der Waals surface area contributed by atoms with Gasteiger partial charge >= 0.3 is 0 Å². The van der Waals surface area contributed by atoms with Crippen molar-refractivity contribution in [3.05, 3.63) is 17.5 Å². The summed E-state index contributed by atoms with van der Waals surface area (Å²) in [5.74, 6) is 0.0214. The number of nitrogens with zero attached hydrogens (tertiary/aromatic N) is 2. The maximum Gasteiger partial charge on any atom is 0.252 e. The van der Waals surface area contributed by atoms with E-state index in [0.717, 1.165) is 0 Å². The Balaban J connectivity index is 1.81. The number of amides is 1. The number of sulfonamides is 1. The van der Waals surface area contributed by atoms with E-state index in [1.807, 2.05) is 0 Å². The second kappa shape index (κ2) is 5.68. The highest BCUT2D eigenvalue weighted by molar-refractivity contribution is 7.91. The molecule has 0 radical (unpaired) electrons. The van der Waals surface area contributed by atoms with Crippen molar-refractivity contribution in [1.82, 2.24) is 9.21 Å². The minimum Gasteiger partial charge on any atom is -0.383 e. The number of fused-ring (bicyclic) bond motifs is 1. The molecule has 3 rings (SSSR count). The van der Waals surface area contributed by atoms with Crippen molar-refractivity contribution in [1.29, 1.82) is 0 Å². The first-order valence-electron chi connectivity index (χ1n) is 6.89. The molecule has 0 aromatic carbocycles. The predicted molar refractivity (Wildman–Crippen MR) is 78.6 cm³/mol. The van der Waals surface area contributed by atoms with E-state index in [2.05, 4.69) is 0 Å². The molecule has 3 heterocycles. The monoisotopic (exact) mass is 330 g/mol. The lowest BCUT2D eigenvalue weighted by atomic mass is 10.1. The Morgan fingerprint density at radius 2 is 2.24 bits per heavy atom. The molecule has 2 aliphatic rings. The van der Waals surface area contributed by atoms with Crippen LogP contribution in [0.4, 0.5) is 0 Å². The number of carbonyl (C=O) groups is 1. The number of hydrogen-bond acceptors (Lipinski definition) is 5. The molecule has 0 bridgehead atoms. The lowest BCUT2D eigenvalue weighted by molar-refractivity contribution is -0.129. The average Bonchev–Trinajstić information content (AvgIpc) is 3.13. The van der Waals surface area contributed by atoms with E-state index in [0.29, 0.717) is 30.3 Å². The van der Waals surface area contributed by atoms with Gasteiger partial charge in [0.05, 0.1) is 18.7 Å². The standard InChI is InChI=1S/C13H18N2O4S2/c1-19-7-6-14-10-4-5-15(11(10)9-12(14)16)21(17,18)13-3-2-8-20-13/h2-3,8,10-11H,4-7,9H2,1H3/t10-,11+/m1/s1. The van der Waals surface area contributed by atoms with Crippen LogP contribution in [0, 0.1) is 0 Å². The van der Waals surface area contributed by atoms with Crippen molar-refractivity contribution < 1.29 is 17.9 Å². The largest absolute Gasteiger partial charge is 0.383 e. The van der Waals surface area contributed by atoms with Crippen LogP contribution in [-0.4, -0.2) is 62.4 Å². The summed E-state index contributed by atoms with van der Waals surface area (Å²) >= 11 is 1.22. The van der Waals surface area contributed by atoms with Gasteiger partial charge in [0.15, 0.2) is 0 Å². The van der Waals surface area contributed by atoms with Crippen molar-refractivity contribution in [2.75, 3.05) is 26.8 Å². The number of hydrogen-bond donors (Lipinski definition) is 0. The first-order valence-corrected chi connectivity index (χ1v) is 9.21. The molecule has 116 valence electrons. The average molecular weight is 330 g/mol. The molecule has 0 saturated carbocycles. The van der Waals surface area contributed by atoms with E-state index in [9.17, 15) is 13.2 Å². The van der Waals surface area contributed by atoms with Crippen LogP contribution in [0.1, 0.15) is 12.8 Å². The molecule has 2 atom stereocenters. The van der Waals surface area contributed by atoms with E-state index in [1.165, 1.54) is 15.6 Å². The third-order valence-corrected chi connectivity index (χ3v) is 7.46. The summed E-state index contributed by atoms with van der Waals surface area (Å²) in [6.45, 7) is 1.49. The molecular weight excluding hydrogens is 312 g/mol. The molecule has 8 heteroatoms. The van der Waals surface area contributed by atoms with Crippen molar-refractivity contribution in [3.8, 4) is 0 Å². The van der Waals surface area contributed by atoms with Crippen LogP contribution < -0.4 is 0 Å². The van der Waals surface area contributed by atoms with Gasteiger partial charge in [-0.05, 0) is 17.9 Å². The summed E-state index contributed by atoms with van der Waals surface area (Å²) in [6, 6.07) is 3.10. The Hall–Kier alpha value is -0.960. The van der Waals surface area contributed by atoms with E-state index < -0.39 is 10.0 Å². The topological polar surface area (TPSA) is 66.9 Å². The van der Waals surface area contributed by atoms with Crippen LogP contribution in [0.15, 0.2) is 21.7 Å². The van der Waals surface area contributed by atoms with Crippen LogP contribution in [0.25, 0.3) is 0 Å². The summed E-state index contributed by atoms with van der Waals surface area (Å²) in [5, 5.41) is 1.76. The Bertz CT molecular complexity index is 614. The molecule has 0 N–H and O–H groups in total. The summed E-state index contributed by atoms with van der Waals surface area (Å²) in [5.41, 5.74) is 0. The molecule has 2 fully saturated rings. The summed E-state index contributed by atoms with van der Waals surface area (Å²) in [6.07, 6.45) is 0.976. The van der Waals surface area contributed by atoms with Crippen molar-refractivity contribution in [2.24, 2.45) is 0 Å². The Labute approximate surface area is 128 Å². The Kier molecular flexibility index (Phi) is 4.04. The highest BCUT2D eigenvalue weighted by atomic mass is 32.2. The molecule has 6 nitrogen and oxygen atoms in total. The van der Waals surface area contributed by atoms with Gasteiger partial charge in [-0.15, -0.1) is 11.3 Å². The van der Waals surface area contributed by atoms with Gasteiger partial charge < -0.3 is 9.64 Å². The molecule has 21 heavy (non-hydrogen) atoms. The van der Waals surface area contributed by atoms with Gasteiger partial charge in [0.25, 0.3) is 10.0 Å². The third-order valence-electron chi connectivity index (χ3n) is 4.16. The second-order valence-electron chi connectivity index (χ2n) is 5.26. The van der Waals surface area contributed by atoms with E-state index in [4.69, 9.17) is 4.74 Å². The summed E-state index contributed by atoms with van der Waals surface area (Å²) < 4.78 is 32.2. The van der Waals surface area contributed by atoms with Gasteiger partial charge in [-0.2, -0.15) is 4.31 Å². The van der Waals surface area contributed by atoms with Crippen LogP contribution in [-0.2, 0) is 19.6 Å². The highest BCUT2D eigenvalue weighted by Crippen LogP contribution is 2.36. The van der Waals surface area contributed by atoms with Gasteiger partial charge in [-0.25, -0.2) is 8.42 Å². The third kappa shape index (κ3) is 2.50. The lowest BCUT2D eigenvalue weighted by Crippen LogP contribution is -2.40. The Morgan fingerprint density at radius 3 is 2.90 bits per heavy atom. The number of rotatable bonds is 5. The van der Waals surface area contributed by atoms with Gasteiger partial charge in [0.2, 0.25) is 5.91 Å². The molecule has 1 amide bonds. The van der Waals surface area contributed by atoms with Crippen molar-refractivity contribution in [3.63, 3.8) is 0 Å². The van der Waals surface area contributed by atoms with Crippen molar-refractivity contribution in [2.45, 2.75) is 29.1 Å². The quantitative estimate of drug-likeness (QED) is 0.799. The van der Waals surface area contributed by atoms with E-state index in [-0.39, 0.29) is 24.4 Å². The zero-order valence-corrected chi connectivity index (χ0v) is 13.4. The van der Waals surface area contributed by atoms with E-state index >= 15 is 0 Å². The smallest absolute Gasteiger partial charge is 0.252 e. The van der Waals surface area contributed by atoms with Gasteiger partial charge in [-0.1, -0.05) is 6.07 Å². The van der Waals surface area contributed by atoms with Crippen LogP contribution in [0.3, 0.4) is 0 Å². The van der Waals surface area contributed by atoms with Gasteiger partial charge in [0, 0.05) is 26.6 Å². The fraction of sp³-hybridized carbons (Fsp3) is 0.615. The Morgan fingerprint density at radius 1 is 1.43 bits per heavy atom. The van der Waals surface area contributed by atoms with Crippen LogP contribution >= 0.6 is 11.3 Å². The first kappa shape index (κ1) is 15.0. The van der Waals surface area contributed by atoms with Gasteiger partial charge in [0.1, 0.15) is 4.21 Å². The maximum absolute atomic E-state index is 12.6. The van der Waals surface area contributed by atoms with Crippen LogP contribution in [0.2, 0.25) is 0 Å². The molecule has 0 aliphatic carbocycles. The molecule has 0 unspecified atom stereocenters. The summed E-state index contributed by atoms with van der Waals surface area (Å²) in [7, 11) is -1.88. The van der Waals surface area contributed by atoms with Gasteiger partial charge in [-0.3, -0.25) is 4.79 Å². The molecule has 1 aromatic heterocycles. The SMILES string of the molecule is COCCN1C(=O)C[C@H]2[C@H]1CCN2S(=O)(=O)c1cccs1. The molecule has 0 spiro atoms. The number of methoxy groups -OCH3 is 1. The molecular formula is C13H18N2O4S2. The fourth-order valence-electron chi connectivity index (χ4n) is 3.20. The van der Waals surface area contributed by atoms with E-state index in [1.54, 1.807) is 29.5 Å². The fourth-order valence-corrected chi connectivity index (χ4v) is 5.98. The predicted octanol–water partition coefficient (Wildman–Crippen LogP) is 0.758. The zero-order valence-electron chi connectivity index (χ0n) is 11.8. The number of carbonyl (C=O) groups excluding carboxylic acids is 1. The molecule has 2 saturated heterocycles. The molecule has 2 aliphatic heterocycles. The minimum absolute atomic E-state index is 0.0117. The lowest BCUT2D eigenvalue weighted by Gasteiger charge is -2.24. The minimum atomic E-state index is -3.48.